The predicted molar refractivity (Wildman–Crippen MR) is 37.9 cm³/mol. The minimum absolute atomic E-state index is 0.139. The zero-order valence-electron chi connectivity index (χ0n) is 6.18. The Morgan fingerprint density at radius 1 is 1.44 bits per heavy atom. The Kier molecular flexibility index (Phi) is 4.10. The third kappa shape index (κ3) is 2.49. The Morgan fingerprint density at radius 3 is 2.00 bits per heavy atom. The summed E-state index contributed by atoms with van der Waals surface area (Å²) in [6, 6.07) is 0. The second-order valence-corrected chi connectivity index (χ2v) is 1.82. The van der Waals surface area contributed by atoms with Gasteiger partial charge < -0.3 is 4.90 Å². The van der Waals surface area contributed by atoms with Crippen LogP contribution in [-0.2, 0) is 4.79 Å². The summed E-state index contributed by atoms with van der Waals surface area (Å²) in [5.74, 6) is 0.139. The van der Waals surface area contributed by atoms with E-state index in [0.717, 1.165) is 13.1 Å². The van der Waals surface area contributed by atoms with Crippen molar-refractivity contribution in [3.63, 3.8) is 0 Å². The van der Waals surface area contributed by atoms with Gasteiger partial charge in [0.2, 0.25) is 5.91 Å². The molecule has 0 spiro atoms. The molecule has 0 heterocycles. The molecule has 0 aromatic rings. The van der Waals surface area contributed by atoms with E-state index in [4.69, 9.17) is 0 Å². The van der Waals surface area contributed by atoms with Gasteiger partial charge in [-0.25, -0.2) is 0 Å². The highest BCUT2D eigenvalue weighted by atomic mass is 16.2. The highest BCUT2D eigenvalue weighted by Gasteiger charge is 2.04. The number of rotatable bonds is 3. The van der Waals surface area contributed by atoms with Crippen molar-refractivity contribution in [1.82, 2.24) is 4.90 Å². The van der Waals surface area contributed by atoms with Gasteiger partial charge >= 0.3 is 0 Å². The van der Waals surface area contributed by atoms with Gasteiger partial charge in [0.1, 0.15) is 0 Å². The van der Waals surface area contributed by atoms with Crippen LogP contribution in [0, 0.1) is 6.92 Å². The van der Waals surface area contributed by atoms with Gasteiger partial charge in [0.15, 0.2) is 0 Å². The molecule has 0 fully saturated rings. The predicted octanol–water partition coefficient (Wildman–Crippen LogP) is 1.08. The Bertz CT molecular complexity index is 86.9. The van der Waals surface area contributed by atoms with E-state index in [-0.39, 0.29) is 5.91 Å². The summed E-state index contributed by atoms with van der Waals surface area (Å²) >= 11 is 0. The minimum atomic E-state index is 0.139. The SMILES string of the molecule is [CH2]CC(=O)N(CC)CC. The smallest absolute Gasteiger partial charge is 0.222 e. The Balaban J connectivity index is 3.64. The number of carbonyl (C=O) groups excluding carboxylic acids is 1. The highest BCUT2D eigenvalue weighted by Crippen LogP contribution is 1.90. The molecule has 2 nitrogen and oxygen atoms in total. The third-order valence-electron chi connectivity index (χ3n) is 1.33. The molecular formula is C7H14NO. The van der Waals surface area contributed by atoms with Crippen LogP contribution in [0.4, 0.5) is 0 Å². The molecule has 0 N–H and O–H groups in total. The lowest BCUT2D eigenvalue weighted by molar-refractivity contribution is -0.129. The molecule has 0 rings (SSSR count). The zero-order valence-corrected chi connectivity index (χ0v) is 6.18. The molecule has 53 valence electrons. The maximum Gasteiger partial charge on any atom is 0.222 e. The summed E-state index contributed by atoms with van der Waals surface area (Å²) in [5.41, 5.74) is 0. The van der Waals surface area contributed by atoms with Gasteiger partial charge in [0, 0.05) is 19.5 Å². The molecule has 0 atom stereocenters. The molecule has 9 heavy (non-hydrogen) atoms. The average molecular weight is 128 g/mol. The van der Waals surface area contributed by atoms with E-state index in [9.17, 15) is 4.79 Å². The van der Waals surface area contributed by atoms with Crippen LogP contribution in [0.5, 0.6) is 0 Å². The Hall–Kier alpha value is -0.530. The van der Waals surface area contributed by atoms with Gasteiger partial charge in [0.05, 0.1) is 0 Å². The zero-order chi connectivity index (χ0) is 7.28. The molecule has 1 radical (unpaired) electrons. The number of hydrogen-bond acceptors (Lipinski definition) is 1. The molecule has 2 heteroatoms. The quantitative estimate of drug-likeness (QED) is 0.557. The van der Waals surface area contributed by atoms with Crippen LogP contribution in [-0.4, -0.2) is 23.9 Å². The van der Waals surface area contributed by atoms with E-state index in [1.807, 2.05) is 13.8 Å². The van der Waals surface area contributed by atoms with Crippen molar-refractivity contribution in [2.45, 2.75) is 20.3 Å². The molecule has 0 aliphatic heterocycles. The standard InChI is InChI=1S/C7H14NO/c1-4-7(9)8(5-2)6-3/h1,4-6H2,2-3H3. The summed E-state index contributed by atoms with van der Waals surface area (Å²) in [6.45, 7) is 9.04. The normalized spacial score (nSPS) is 9.22. The molecule has 0 saturated carbocycles. The first-order valence-electron chi connectivity index (χ1n) is 3.33. The fraction of sp³-hybridized carbons (Fsp3) is 0.714. The van der Waals surface area contributed by atoms with E-state index in [1.54, 1.807) is 4.90 Å². The van der Waals surface area contributed by atoms with Crippen molar-refractivity contribution in [3.05, 3.63) is 6.92 Å². The molecule has 0 unspecified atom stereocenters. The van der Waals surface area contributed by atoms with Crippen molar-refractivity contribution >= 4 is 5.91 Å². The maximum atomic E-state index is 10.8. The van der Waals surface area contributed by atoms with Crippen LogP contribution >= 0.6 is 0 Å². The first-order chi connectivity index (χ1) is 4.26. The number of amides is 1. The van der Waals surface area contributed by atoms with Crippen LogP contribution in [0.2, 0.25) is 0 Å². The lowest BCUT2D eigenvalue weighted by Gasteiger charge is -2.16. The van der Waals surface area contributed by atoms with Crippen LogP contribution < -0.4 is 0 Å². The molecule has 0 saturated heterocycles. The van der Waals surface area contributed by atoms with Crippen LogP contribution in [0.25, 0.3) is 0 Å². The molecule has 1 amide bonds. The lowest BCUT2D eigenvalue weighted by Crippen LogP contribution is -2.29. The summed E-state index contributed by atoms with van der Waals surface area (Å²) in [7, 11) is 0. The molecule has 0 aromatic carbocycles. The molecule has 0 aliphatic rings. The summed E-state index contributed by atoms with van der Waals surface area (Å²) in [6.07, 6.45) is 0.377. The molecule has 0 bridgehead atoms. The van der Waals surface area contributed by atoms with Crippen LogP contribution in [0.3, 0.4) is 0 Å². The fourth-order valence-electron chi connectivity index (χ4n) is 0.734. The summed E-state index contributed by atoms with van der Waals surface area (Å²) in [4.78, 5) is 12.6. The first kappa shape index (κ1) is 8.47. The molecule has 0 aliphatic carbocycles. The van der Waals surface area contributed by atoms with Crippen molar-refractivity contribution in [2.24, 2.45) is 0 Å². The van der Waals surface area contributed by atoms with E-state index in [2.05, 4.69) is 6.92 Å². The van der Waals surface area contributed by atoms with Gasteiger partial charge in [-0.15, -0.1) is 0 Å². The third-order valence-corrected chi connectivity index (χ3v) is 1.33. The largest absolute Gasteiger partial charge is 0.343 e. The number of carbonyl (C=O) groups is 1. The Labute approximate surface area is 56.9 Å². The van der Waals surface area contributed by atoms with Crippen molar-refractivity contribution in [2.75, 3.05) is 13.1 Å². The topological polar surface area (TPSA) is 20.3 Å². The van der Waals surface area contributed by atoms with E-state index < -0.39 is 0 Å². The van der Waals surface area contributed by atoms with E-state index in [0.29, 0.717) is 6.42 Å². The van der Waals surface area contributed by atoms with Crippen LogP contribution in [0.15, 0.2) is 0 Å². The number of nitrogens with zero attached hydrogens (tertiary/aromatic N) is 1. The second-order valence-electron chi connectivity index (χ2n) is 1.82. The maximum absolute atomic E-state index is 10.8. The van der Waals surface area contributed by atoms with Gasteiger partial charge in [-0.05, 0) is 20.8 Å². The minimum Gasteiger partial charge on any atom is -0.343 e. The van der Waals surface area contributed by atoms with Crippen molar-refractivity contribution < 1.29 is 4.79 Å². The Morgan fingerprint density at radius 2 is 1.89 bits per heavy atom. The van der Waals surface area contributed by atoms with Gasteiger partial charge in [-0.2, -0.15) is 0 Å². The highest BCUT2D eigenvalue weighted by molar-refractivity contribution is 5.76. The number of hydrogen-bond donors (Lipinski definition) is 0. The van der Waals surface area contributed by atoms with E-state index in [1.165, 1.54) is 0 Å². The van der Waals surface area contributed by atoms with E-state index >= 15 is 0 Å². The molecule has 0 aromatic heterocycles. The summed E-state index contributed by atoms with van der Waals surface area (Å²) < 4.78 is 0. The monoisotopic (exact) mass is 128 g/mol. The summed E-state index contributed by atoms with van der Waals surface area (Å²) in [5, 5.41) is 0. The second kappa shape index (κ2) is 4.36. The average Bonchev–Trinajstić information content (AvgIpc) is 1.90. The van der Waals surface area contributed by atoms with Crippen molar-refractivity contribution in [1.29, 1.82) is 0 Å². The van der Waals surface area contributed by atoms with Gasteiger partial charge in [-0.1, -0.05) is 0 Å². The lowest BCUT2D eigenvalue weighted by atomic mass is 10.4. The fourth-order valence-corrected chi connectivity index (χ4v) is 0.734. The molecular weight excluding hydrogens is 114 g/mol. The van der Waals surface area contributed by atoms with Crippen molar-refractivity contribution in [3.8, 4) is 0 Å². The van der Waals surface area contributed by atoms with Gasteiger partial charge in [0.25, 0.3) is 0 Å². The first-order valence-corrected chi connectivity index (χ1v) is 3.33. The van der Waals surface area contributed by atoms with Gasteiger partial charge in [-0.3, -0.25) is 4.79 Å². The van der Waals surface area contributed by atoms with Crippen LogP contribution in [0.1, 0.15) is 20.3 Å².